The molecule has 3 aliphatic heterocycles. The molecule has 132 valence electrons. The number of anilines is 1. The minimum atomic E-state index is -0.678. The van der Waals surface area contributed by atoms with Gasteiger partial charge in [-0.25, -0.2) is 4.39 Å². The first kappa shape index (κ1) is 16.0. The van der Waals surface area contributed by atoms with E-state index in [0.717, 1.165) is 18.7 Å². The second kappa shape index (κ2) is 6.11. The van der Waals surface area contributed by atoms with Crippen molar-refractivity contribution in [3.63, 3.8) is 0 Å². The monoisotopic (exact) mass is 346 g/mol. The molecule has 1 atom stereocenters. The lowest BCUT2D eigenvalue weighted by Gasteiger charge is -2.30. The topological polar surface area (TPSA) is 81.8 Å². The molecule has 8 heteroatoms. The van der Waals surface area contributed by atoms with E-state index in [-0.39, 0.29) is 24.8 Å². The minimum absolute atomic E-state index is 0.205. The van der Waals surface area contributed by atoms with Crippen LogP contribution in [-0.2, 0) is 16.1 Å². The third-order valence-electron chi connectivity index (χ3n) is 5.05. The number of hydrogen-bond donors (Lipinski definition) is 2. The molecular weight excluding hydrogens is 327 g/mol. The lowest BCUT2D eigenvalue weighted by atomic mass is 10.0. The van der Waals surface area contributed by atoms with Crippen molar-refractivity contribution in [1.29, 1.82) is 0 Å². The van der Waals surface area contributed by atoms with Crippen molar-refractivity contribution in [3.8, 4) is 0 Å². The SMILES string of the molecule is O=C1CC[C@H](N2Cc3cc(N4CCNCC4)c(F)cc3C2=O)C(=O)N1. The number of amides is 3. The number of benzene rings is 1. The Kier molecular flexibility index (Phi) is 3.91. The molecular formula is C17H19FN4O3. The van der Waals surface area contributed by atoms with Crippen molar-refractivity contribution in [2.45, 2.75) is 25.4 Å². The van der Waals surface area contributed by atoms with E-state index in [9.17, 15) is 18.8 Å². The fourth-order valence-electron chi connectivity index (χ4n) is 3.72. The molecule has 3 heterocycles. The number of carbonyl (C=O) groups excluding carboxylic acids is 3. The largest absolute Gasteiger partial charge is 0.367 e. The summed E-state index contributed by atoms with van der Waals surface area (Å²) in [5, 5.41) is 5.49. The Labute approximate surface area is 144 Å². The van der Waals surface area contributed by atoms with Gasteiger partial charge in [0.2, 0.25) is 11.8 Å². The zero-order valence-electron chi connectivity index (χ0n) is 13.7. The van der Waals surface area contributed by atoms with E-state index >= 15 is 0 Å². The number of hydrogen-bond acceptors (Lipinski definition) is 5. The standard InChI is InChI=1S/C17H19FN4O3/c18-12-8-11-10(7-14(12)21-5-3-19-4-6-21)9-22(17(11)25)13-1-2-15(23)20-16(13)24/h7-8,13,19H,1-6,9H2,(H,20,23,24)/t13-/m0/s1. The zero-order valence-corrected chi connectivity index (χ0v) is 13.7. The smallest absolute Gasteiger partial charge is 0.255 e. The van der Waals surface area contributed by atoms with Crippen LogP contribution < -0.4 is 15.5 Å². The van der Waals surface area contributed by atoms with Gasteiger partial charge in [-0.15, -0.1) is 0 Å². The molecule has 0 aromatic heterocycles. The van der Waals surface area contributed by atoms with Gasteiger partial charge < -0.3 is 15.1 Å². The van der Waals surface area contributed by atoms with E-state index in [1.54, 1.807) is 6.07 Å². The molecule has 3 aliphatic rings. The molecule has 1 aromatic rings. The van der Waals surface area contributed by atoms with E-state index in [2.05, 4.69) is 10.6 Å². The lowest BCUT2D eigenvalue weighted by molar-refractivity contribution is -0.136. The Bertz CT molecular complexity index is 761. The number of imide groups is 1. The molecule has 0 radical (unpaired) electrons. The predicted molar refractivity (Wildman–Crippen MR) is 87.5 cm³/mol. The second-order valence-corrected chi connectivity index (χ2v) is 6.60. The summed E-state index contributed by atoms with van der Waals surface area (Å²) in [4.78, 5) is 39.4. The first-order valence-electron chi connectivity index (χ1n) is 8.47. The van der Waals surface area contributed by atoms with Crippen LogP contribution in [0.5, 0.6) is 0 Å². The number of halogens is 1. The molecule has 2 fully saturated rings. The van der Waals surface area contributed by atoms with Crippen molar-refractivity contribution < 1.29 is 18.8 Å². The Balaban J connectivity index is 1.60. The molecule has 0 bridgehead atoms. The van der Waals surface area contributed by atoms with Gasteiger partial charge in [-0.05, 0) is 24.1 Å². The molecule has 0 unspecified atom stereocenters. The highest BCUT2D eigenvalue weighted by molar-refractivity contribution is 6.05. The molecule has 0 saturated carbocycles. The van der Waals surface area contributed by atoms with Crippen LogP contribution in [-0.4, -0.2) is 54.8 Å². The van der Waals surface area contributed by atoms with Crippen LogP contribution in [0.4, 0.5) is 10.1 Å². The van der Waals surface area contributed by atoms with Gasteiger partial charge >= 0.3 is 0 Å². The van der Waals surface area contributed by atoms with Crippen LogP contribution >= 0.6 is 0 Å². The molecule has 2 N–H and O–H groups in total. The fourth-order valence-corrected chi connectivity index (χ4v) is 3.72. The Morgan fingerprint density at radius 2 is 1.88 bits per heavy atom. The van der Waals surface area contributed by atoms with Gasteiger partial charge in [0.15, 0.2) is 0 Å². The van der Waals surface area contributed by atoms with Crippen molar-refractivity contribution in [2.24, 2.45) is 0 Å². The number of rotatable bonds is 2. The average Bonchev–Trinajstić information content (AvgIpc) is 2.91. The van der Waals surface area contributed by atoms with Crippen LogP contribution in [0.2, 0.25) is 0 Å². The van der Waals surface area contributed by atoms with Gasteiger partial charge in [0, 0.05) is 44.7 Å². The Hall–Kier alpha value is -2.48. The van der Waals surface area contributed by atoms with Crippen molar-refractivity contribution in [2.75, 3.05) is 31.1 Å². The van der Waals surface area contributed by atoms with Gasteiger partial charge in [-0.1, -0.05) is 0 Å². The van der Waals surface area contributed by atoms with Gasteiger partial charge in [-0.3, -0.25) is 19.7 Å². The molecule has 25 heavy (non-hydrogen) atoms. The summed E-state index contributed by atoms with van der Waals surface area (Å²) >= 11 is 0. The summed E-state index contributed by atoms with van der Waals surface area (Å²) in [6, 6.07) is 2.32. The first-order chi connectivity index (χ1) is 12.0. The molecule has 1 aromatic carbocycles. The van der Waals surface area contributed by atoms with Crippen molar-refractivity contribution >= 4 is 23.4 Å². The van der Waals surface area contributed by atoms with Crippen LogP contribution in [0, 0.1) is 5.82 Å². The third kappa shape index (κ3) is 2.76. The third-order valence-corrected chi connectivity index (χ3v) is 5.05. The number of nitrogens with one attached hydrogen (secondary N) is 2. The molecule has 2 saturated heterocycles. The molecule has 0 aliphatic carbocycles. The summed E-state index contributed by atoms with van der Waals surface area (Å²) in [6.45, 7) is 3.26. The predicted octanol–water partition coefficient (Wildman–Crippen LogP) is -0.00370. The minimum Gasteiger partial charge on any atom is -0.367 e. The molecule has 7 nitrogen and oxygen atoms in total. The van der Waals surface area contributed by atoms with Gasteiger partial charge in [-0.2, -0.15) is 0 Å². The number of piperazine rings is 1. The average molecular weight is 346 g/mol. The first-order valence-corrected chi connectivity index (χ1v) is 8.47. The number of piperidine rings is 1. The summed E-state index contributed by atoms with van der Waals surface area (Å²) in [5.41, 5.74) is 1.53. The van der Waals surface area contributed by atoms with E-state index in [1.807, 2.05) is 4.90 Å². The summed E-state index contributed by atoms with van der Waals surface area (Å²) in [5.74, 6) is -1.55. The van der Waals surface area contributed by atoms with Crippen LogP contribution in [0.3, 0.4) is 0 Å². The highest BCUT2D eigenvalue weighted by Gasteiger charge is 2.39. The van der Waals surface area contributed by atoms with Crippen LogP contribution in [0.1, 0.15) is 28.8 Å². The fraction of sp³-hybridized carbons (Fsp3) is 0.471. The molecule has 4 rings (SSSR count). The maximum Gasteiger partial charge on any atom is 0.255 e. The Morgan fingerprint density at radius 1 is 1.12 bits per heavy atom. The molecule has 3 amide bonds. The summed E-state index contributed by atoms with van der Waals surface area (Å²) < 4.78 is 14.5. The number of carbonyl (C=O) groups is 3. The van der Waals surface area contributed by atoms with E-state index < -0.39 is 17.8 Å². The van der Waals surface area contributed by atoms with Crippen molar-refractivity contribution in [3.05, 3.63) is 29.1 Å². The highest BCUT2D eigenvalue weighted by atomic mass is 19.1. The van der Waals surface area contributed by atoms with Gasteiger partial charge in [0.25, 0.3) is 5.91 Å². The van der Waals surface area contributed by atoms with Crippen LogP contribution in [0.15, 0.2) is 12.1 Å². The van der Waals surface area contributed by atoms with Crippen LogP contribution in [0.25, 0.3) is 0 Å². The normalized spacial score (nSPS) is 23.7. The zero-order chi connectivity index (χ0) is 17.6. The quantitative estimate of drug-likeness (QED) is 0.737. The van der Waals surface area contributed by atoms with E-state index in [1.165, 1.54) is 11.0 Å². The van der Waals surface area contributed by atoms with Gasteiger partial charge in [0.05, 0.1) is 5.69 Å². The number of nitrogens with zero attached hydrogens (tertiary/aromatic N) is 2. The van der Waals surface area contributed by atoms with Gasteiger partial charge in [0.1, 0.15) is 11.9 Å². The van der Waals surface area contributed by atoms with E-state index in [0.29, 0.717) is 30.8 Å². The Morgan fingerprint density at radius 3 is 2.60 bits per heavy atom. The van der Waals surface area contributed by atoms with Crippen molar-refractivity contribution in [1.82, 2.24) is 15.5 Å². The van der Waals surface area contributed by atoms with E-state index in [4.69, 9.17) is 0 Å². The second-order valence-electron chi connectivity index (χ2n) is 6.60. The number of fused-ring (bicyclic) bond motifs is 1. The summed E-state index contributed by atoms with van der Waals surface area (Å²) in [7, 11) is 0. The highest BCUT2D eigenvalue weighted by Crippen LogP contribution is 2.32. The summed E-state index contributed by atoms with van der Waals surface area (Å²) in [6.07, 6.45) is 0.508. The maximum atomic E-state index is 14.5. The maximum absolute atomic E-state index is 14.5. The molecule has 0 spiro atoms. The lowest BCUT2D eigenvalue weighted by Crippen LogP contribution is -2.52.